The number of fused-ring (bicyclic) bond motifs is 3. The van der Waals surface area contributed by atoms with Crippen molar-refractivity contribution in [1.82, 2.24) is 14.8 Å². The first-order valence-electron chi connectivity index (χ1n) is 9.79. The highest BCUT2D eigenvalue weighted by Crippen LogP contribution is 2.38. The van der Waals surface area contributed by atoms with Gasteiger partial charge in [0.25, 0.3) is 0 Å². The fourth-order valence-corrected chi connectivity index (χ4v) is 3.87. The van der Waals surface area contributed by atoms with Crippen LogP contribution in [0.2, 0.25) is 0 Å². The van der Waals surface area contributed by atoms with Crippen molar-refractivity contribution in [2.24, 2.45) is 0 Å². The van der Waals surface area contributed by atoms with E-state index in [-0.39, 0.29) is 0 Å². The minimum Gasteiger partial charge on any atom is -0.497 e. The molecule has 2 aromatic heterocycles. The molecule has 148 valence electrons. The molecule has 0 bridgehead atoms. The van der Waals surface area contributed by atoms with Gasteiger partial charge < -0.3 is 9.47 Å². The highest BCUT2D eigenvalue weighted by molar-refractivity contribution is 6.11. The molecule has 5 aromatic rings. The molecule has 30 heavy (non-hydrogen) atoms. The van der Waals surface area contributed by atoms with Crippen molar-refractivity contribution in [1.29, 1.82) is 0 Å². The molecule has 0 fully saturated rings. The summed E-state index contributed by atoms with van der Waals surface area (Å²) in [5, 5.41) is 6.94. The van der Waals surface area contributed by atoms with E-state index in [1.165, 1.54) is 5.56 Å². The van der Waals surface area contributed by atoms with Gasteiger partial charge in [0.15, 0.2) is 0 Å². The van der Waals surface area contributed by atoms with E-state index >= 15 is 0 Å². The van der Waals surface area contributed by atoms with Crippen molar-refractivity contribution in [3.8, 4) is 22.8 Å². The second kappa shape index (κ2) is 7.52. The largest absolute Gasteiger partial charge is 0.497 e. The third-order valence-electron chi connectivity index (χ3n) is 5.29. The van der Waals surface area contributed by atoms with Gasteiger partial charge in [0.1, 0.15) is 17.2 Å². The highest BCUT2D eigenvalue weighted by Gasteiger charge is 2.19. The van der Waals surface area contributed by atoms with Gasteiger partial charge in [-0.15, -0.1) is 0 Å². The Balaban J connectivity index is 1.85. The van der Waals surface area contributed by atoms with Crippen molar-refractivity contribution in [3.05, 3.63) is 84.6 Å². The highest BCUT2D eigenvalue weighted by atomic mass is 16.5. The molecule has 0 atom stereocenters. The second-order valence-corrected chi connectivity index (χ2v) is 7.10. The monoisotopic (exact) mass is 395 g/mol. The molecule has 0 aliphatic heterocycles. The summed E-state index contributed by atoms with van der Waals surface area (Å²) in [5.74, 6) is 1.43. The summed E-state index contributed by atoms with van der Waals surface area (Å²) in [4.78, 5) is 4.72. The van der Waals surface area contributed by atoms with E-state index in [2.05, 4.69) is 24.3 Å². The lowest BCUT2D eigenvalue weighted by Crippen LogP contribution is -2.03. The molecule has 0 radical (unpaired) electrons. The predicted molar refractivity (Wildman–Crippen MR) is 119 cm³/mol. The lowest BCUT2D eigenvalue weighted by Gasteiger charge is -2.11. The van der Waals surface area contributed by atoms with Crippen LogP contribution in [0.1, 0.15) is 5.56 Å². The summed E-state index contributed by atoms with van der Waals surface area (Å²) < 4.78 is 13.2. The molecule has 0 unspecified atom stereocenters. The van der Waals surface area contributed by atoms with Crippen LogP contribution in [0.5, 0.6) is 11.5 Å². The van der Waals surface area contributed by atoms with Crippen LogP contribution in [0, 0.1) is 0 Å². The number of benzene rings is 3. The van der Waals surface area contributed by atoms with Gasteiger partial charge in [-0.2, -0.15) is 5.10 Å². The number of aromatic nitrogens is 3. The minimum absolute atomic E-state index is 0.651. The maximum Gasteiger partial charge on any atom is 0.134 e. The van der Waals surface area contributed by atoms with Crippen molar-refractivity contribution in [3.63, 3.8) is 0 Å². The first-order chi connectivity index (χ1) is 14.8. The predicted octanol–water partition coefficient (Wildman–Crippen LogP) is 5.32. The maximum atomic E-state index is 5.74. The summed E-state index contributed by atoms with van der Waals surface area (Å²) in [7, 11) is 3.31. The van der Waals surface area contributed by atoms with E-state index in [4.69, 9.17) is 19.6 Å². The van der Waals surface area contributed by atoms with Gasteiger partial charge in [-0.25, -0.2) is 0 Å². The fraction of sp³-hybridized carbons (Fsp3) is 0.120. The Hall–Kier alpha value is -3.86. The number of ether oxygens (including phenoxy) is 2. The van der Waals surface area contributed by atoms with Crippen molar-refractivity contribution < 1.29 is 9.47 Å². The zero-order chi connectivity index (χ0) is 20.5. The van der Waals surface area contributed by atoms with Crippen LogP contribution in [0.4, 0.5) is 0 Å². The summed E-state index contributed by atoms with van der Waals surface area (Å²) in [5.41, 5.74) is 4.96. The van der Waals surface area contributed by atoms with Gasteiger partial charge in [-0.05, 0) is 5.56 Å². The average Bonchev–Trinajstić information content (AvgIpc) is 3.17. The quantitative estimate of drug-likeness (QED) is 0.404. The van der Waals surface area contributed by atoms with Crippen LogP contribution in [0.15, 0.2) is 79.0 Å². The van der Waals surface area contributed by atoms with E-state index in [1.807, 2.05) is 59.4 Å². The third kappa shape index (κ3) is 3.05. The molecule has 0 amide bonds. The second-order valence-electron chi connectivity index (χ2n) is 7.10. The maximum absolute atomic E-state index is 5.74. The normalized spacial score (nSPS) is 11.1. The molecule has 5 rings (SSSR count). The number of nitrogens with zero attached hydrogens (tertiary/aromatic N) is 3. The summed E-state index contributed by atoms with van der Waals surface area (Å²) >= 11 is 0. The lowest BCUT2D eigenvalue weighted by molar-refractivity contribution is 0.398. The van der Waals surface area contributed by atoms with E-state index in [0.29, 0.717) is 12.3 Å². The van der Waals surface area contributed by atoms with Gasteiger partial charge in [0, 0.05) is 29.3 Å². The first-order valence-corrected chi connectivity index (χ1v) is 9.79. The molecular formula is C25H21N3O2. The van der Waals surface area contributed by atoms with Gasteiger partial charge >= 0.3 is 0 Å². The molecular weight excluding hydrogens is 374 g/mol. The zero-order valence-corrected chi connectivity index (χ0v) is 16.9. The molecule has 2 heterocycles. The first kappa shape index (κ1) is 18.2. The lowest BCUT2D eigenvalue weighted by atomic mass is 10.1. The fourth-order valence-electron chi connectivity index (χ4n) is 3.87. The number of rotatable bonds is 5. The number of pyridine rings is 1. The van der Waals surface area contributed by atoms with Crippen LogP contribution >= 0.6 is 0 Å². The molecule has 0 saturated carbocycles. The van der Waals surface area contributed by atoms with Crippen molar-refractivity contribution >= 4 is 21.8 Å². The zero-order valence-electron chi connectivity index (χ0n) is 16.9. The molecule has 0 saturated heterocycles. The molecule has 5 heteroatoms. The van der Waals surface area contributed by atoms with Crippen LogP contribution in [0.3, 0.4) is 0 Å². The summed E-state index contributed by atoms with van der Waals surface area (Å²) in [6.45, 7) is 0.651. The number of methoxy groups -OCH3 is 2. The van der Waals surface area contributed by atoms with E-state index in [1.54, 1.807) is 14.2 Å². The van der Waals surface area contributed by atoms with Crippen LogP contribution in [-0.2, 0) is 6.54 Å². The van der Waals surface area contributed by atoms with Crippen LogP contribution in [-0.4, -0.2) is 29.0 Å². The van der Waals surface area contributed by atoms with E-state index < -0.39 is 0 Å². The van der Waals surface area contributed by atoms with Crippen molar-refractivity contribution in [2.45, 2.75) is 6.54 Å². The number of hydrogen-bond acceptors (Lipinski definition) is 4. The number of hydrogen-bond donors (Lipinski definition) is 0. The molecule has 5 nitrogen and oxygen atoms in total. The smallest absolute Gasteiger partial charge is 0.134 e. The molecule has 0 spiro atoms. The average molecular weight is 395 g/mol. The van der Waals surface area contributed by atoms with Gasteiger partial charge in [0.2, 0.25) is 0 Å². The summed E-state index contributed by atoms with van der Waals surface area (Å²) in [6, 6.07) is 24.4. The van der Waals surface area contributed by atoms with Gasteiger partial charge in [0.05, 0.1) is 37.2 Å². The van der Waals surface area contributed by atoms with Gasteiger partial charge in [-0.1, -0.05) is 60.7 Å². The SMILES string of the molecule is COc1cc(OC)c2c(c1)ncc1c(-c3ccccc3)nn(Cc3ccccc3)c12. The Labute approximate surface area is 174 Å². The molecule has 0 aliphatic carbocycles. The third-order valence-corrected chi connectivity index (χ3v) is 5.29. The standard InChI is InChI=1S/C25H21N3O2/c1-29-19-13-21-23(22(14-19)30-2)25-20(15-26-21)24(18-11-7-4-8-12-18)27-28(25)16-17-9-5-3-6-10-17/h3-15H,16H2,1-2H3. The summed E-state index contributed by atoms with van der Waals surface area (Å²) in [6.07, 6.45) is 1.90. The Kier molecular flexibility index (Phi) is 4.56. The van der Waals surface area contributed by atoms with E-state index in [9.17, 15) is 0 Å². The topological polar surface area (TPSA) is 49.2 Å². The Morgan fingerprint density at radius 2 is 1.60 bits per heavy atom. The van der Waals surface area contributed by atoms with Crippen LogP contribution in [0.25, 0.3) is 33.1 Å². The Bertz CT molecular complexity index is 1330. The van der Waals surface area contributed by atoms with Crippen LogP contribution < -0.4 is 9.47 Å². The van der Waals surface area contributed by atoms with E-state index in [0.717, 1.165) is 38.8 Å². The molecule has 3 aromatic carbocycles. The molecule has 0 aliphatic rings. The van der Waals surface area contributed by atoms with Crippen molar-refractivity contribution in [2.75, 3.05) is 14.2 Å². The Morgan fingerprint density at radius 1 is 0.867 bits per heavy atom. The Morgan fingerprint density at radius 3 is 2.30 bits per heavy atom. The molecule has 0 N–H and O–H groups in total. The minimum atomic E-state index is 0.651. The van der Waals surface area contributed by atoms with Gasteiger partial charge in [-0.3, -0.25) is 9.67 Å².